The molecular formula is C25H37N3O3. The average Bonchev–Trinajstić information content (AvgIpc) is 3.01. The normalized spacial score (nSPS) is 29.2. The lowest BCUT2D eigenvalue weighted by Crippen LogP contribution is -2.24. The van der Waals surface area contributed by atoms with Gasteiger partial charge < -0.3 is 10.2 Å². The Balaban J connectivity index is 1.61. The van der Waals surface area contributed by atoms with Crippen LogP contribution in [0.15, 0.2) is 18.5 Å². The maximum Gasteiger partial charge on any atom is 0.341 e. The quantitative estimate of drug-likeness (QED) is 0.623. The van der Waals surface area contributed by atoms with Gasteiger partial charge in [0.05, 0.1) is 12.3 Å². The monoisotopic (exact) mass is 427 g/mol. The number of fused-ring (bicyclic) bond motifs is 1. The summed E-state index contributed by atoms with van der Waals surface area (Å²) in [6.45, 7) is 0. The van der Waals surface area contributed by atoms with Gasteiger partial charge in [-0.25, -0.2) is 14.3 Å². The molecule has 2 aliphatic carbocycles. The zero-order valence-corrected chi connectivity index (χ0v) is 18.6. The molecule has 2 aromatic heterocycles. The minimum atomic E-state index is -0.977. The first-order valence-electron chi connectivity index (χ1n) is 12.4. The van der Waals surface area contributed by atoms with Gasteiger partial charge in [-0.2, -0.15) is 5.10 Å². The number of aromatic carboxylic acids is 1. The molecule has 2 aromatic rings. The summed E-state index contributed by atoms with van der Waals surface area (Å²) in [6, 6.07) is 2.05. The highest BCUT2D eigenvalue weighted by Crippen LogP contribution is 2.43. The fraction of sp³-hybridized carbons (Fsp3) is 0.720. The van der Waals surface area contributed by atoms with E-state index in [0.29, 0.717) is 23.4 Å². The maximum atomic E-state index is 11.6. The van der Waals surface area contributed by atoms with Crippen molar-refractivity contribution < 1.29 is 15.0 Å². The standard InChI is InChI=1S/C25H37N3O3/c29-19-10-6-3-1-2-5-9-18(13-14-19)20-11-7-4-8-12-21(20)23-15-16-28-24(27-23)22(17-26-28)25(30)31/h15-21,29H,1-14H2,(H,30,31). The summed E-state index contributed by atoms with van der Waals surface area (Å²) in [6.07, 6.45) is 19.6. The molecule has 4 rings (SSSR count). The Kier molecular flexibility index (Phi) is 7.59. The summed E-state index contributed by atoms with van der Waals surface area (Å²) in [5, 5.41) is 24.1. The van der Waals surface area contributed by atoms with Crippen LogP contribution in [0, 0.1) is 11.8 Å². The number of aromatic nitrogens is 3. The van der Waals surface area contributed by atoms with Gasteiger partial charge >= 0.3 is 5.97 Å². The summed E-state index contributed by atoms with van der Waals surface area (Å²) >= 11 is 0. The molecule has 0 bridgehead atoms. The molecule has 0 radical (unpaired) electrons. The Morgan fingerprint density at radius 1 is 0.903 bits per heavy atom. The molecule has 4 unspecified atom stereocenters. The number of carboxylic acid groups (broad SMARTS) is 1. The van der Waals surface area contributed by atoms with E-state index in [1.165, 1.54) is 64.0 Å². The topological polar surface area (TPSA) is 87.7 Å². The Hall–Kier alpha value is -1.95. The van der Waals surface area contributed by atoms with Gasteiger partial charge in [0.15, 0.2) is 5.65 Å². The third kappa shape index (κ3) is 5.46. The van der Waals surface area contributed by atoms with Gasteiger partial charge in [0.25, 0.3) is 0 Å². The lowest BCUT2D eigenvalue weighted by atomic mass is 9.72. The first-order chi connectivity index (χ1) is 15.1. The number of hydrogen-bond acceptors (Lipinski definition) is 4. The molecule has 2 saturated carbocycles. The summed E-state index contributed by atoms with van der Waals surface area (Å²) in [5.41, 5.74) is 1.65. The lowest BCUT2D eigenvalue weighted by molar-refractivity contribution is 0.0698. The molecule has 0 aliphatic heterocycles. The molecule has 6 heteroatoms. The molecule has 0 amide bonds. The highest BCUT2D eigenvalue weighted by atomic mass is 16.4. The summed E-state index contributed by atoms with van der Waals surface area (Å²) < 4.78 is 1.57. The van der Waals surface area contributed by atoms with Crippen molar-refractivity contribution in [3.8, 4) is 0 Å². The summed E-state index contributed by atoms with van der Waals surface area (Å²) in [4.78, 5) is 16.4. The summed E-state index contributed by atoms with van der Waals surface area (Å²) in [7, 11) is 0. The van der Waals surface area contributed by atoms with Gasteiger partial charge in [-0.3, -0.25) is 0 Å². The van der Waals surface area contributed by atoms with Gasteiger partial charge in [0, 0.05) is 17.8 Å². The predicted octanol–water partition coefficient (Wildman–Crippen LogP) is 5.59. The van der Waals surface area contributed by atoms with Gasteiger partial charge in [-0.15, -0.1) is 0 Å². The molecular weight excluding hydrogens is 390 g/mol. The molecule has 170 valence electrons. The van der Waals surface area contributed by atoms with Crippen molar-refractivity contribution in [1.82, 2.24) is 14.6 Å². The lowest BCUT2D eigenvalue weighted by Gasteiger charge is -2.33. The Morgan fingerprint density at radius 2 is 1.61 bits per heavy atom. The van der Waals surface area contributed by atoms with Crippen molar-refractivity contribution >= 4 is 11.6 Å². The van der Waals surface area contributed by atoms with E-state index in [4.69, 9.17) is 4.98 Å². The summed E-state index contributed by atoms with van der Waals surface area (Å²) in [5.74, 6) is 0.546. The number of rotatable bonds is 3. The number of nitrogens with zero attached hydrogens (tertiary/aromatic N) is 3. The molecule has 6 nitrogen and oxygen atoms in total. The van der Waals surface area contributed by atoms with E-state index in [9.17, 15) is 15.0 Å². The van der Waals surface area contributed by atoms with Crippen molar-refractivity contribution in [3.05, 3.63) is 29.7 Å². The molecule has 0 aromatic carbocycles. The second-order valence-electron chi connectivity index (χ2n) is 9.73. The van der Waals surface area contributed by atoms with Gasteiger partial charge in [-0.1, -0.05) is 57.8 Å². The van der Waals surface area contributed by atoms with E-state index in [2.05, 4.69) is 11.2 Å². The number of aliphatic hydroxyl groups excluding tert-OH is 1. The van der Waals surface area contributed by atoms with Gasteiger partial charge in [0.1, 0.15) is 5.56 Å². The Morgan fingerprint density at radius 3 is 2.45 bits per heavy atom. The van der Waals surface area contributed by atoms with E-state index in [0.717, 1.165) is 37.8 Å². The molecule has 2 fully saturated rings. The molecule has 2 heterocycles. The second-order valence-corrected chi connectivity index (χ2v) is 9.73. The minimum Gasteiger partial charge on any atom is -0.477 e. The van der Waals surface area contributed by atoms with Crippen molar-refractivity contribution in [2.45, 2.75) is 102 Å². The third-order valence-corrected chi connectivity index (χ3v) is 7.66. The van der Waals surface area contributed by atoms with Crippen molar-refractivity contribution in [2.75, 3.05) is 0 Å². The van der Waals surface area contributed by atoms with Crippen LogP contribution < -0.4 is 0 Å². The minimum absolute atomic E-state index is 0.163. The smallest absolute Gasteiger partial charge is 0.341 e. The fourth-order valence-corrected chi connectivity index (χ4v) is 5.95. The van der Waals surface area contributed by atoms with Crippen LogP contribution in [0.25, 0.3) is 5.65 Å². The Labute approximate surface area is 185 Å². The van der Waals surface area contributed by atoms with E-state index < -0.39 is 5.97 Å². The van der Waals surface area contributed by atoms with Crippen molar-refractivity contribution in [2.24, 2.45) is 11.8 Å². The zero-order valence-electron chi connectivity index (χ0n) is 18.6. The van der Waals surface area contributed by atoms with Crippen molar-refractivity contribution in [1.29, 1.82) is 0 Å². The van der Waals surface area contributed by atoms with E-state index >= 15 is 0 Å². The predicted molar refractivity (Wildman–Crippen MR) is 120 cm³/mol. The number of carboxylic acids is 1. The highest BCUT2D eigenvalue weighted by Gasteiger charge is 2.33. The van der Waals surface area contributed by atoms with E-state index in [1.54, 1.807) is 4.52 Å². The molecule has 0 spiro atoms. The first kappa shape index (κ1) is 22.3. The molecule has 2 aliphatic rings. The van der Waals surface area contributed by atoms with Crippen LogP contribution in [-0.4, -0.2) is 36.9 Å². The second kappa shape index (κ2) is 10.6. The van der Waals surface area contributed by atoms with Gasteiger partial charge in [0.2, 0.25) is 0 Å². The van der Waals surface area contributed by atoms with E-state index in [-0.39, 0.29) is 11.7 Å². The number of hydrogen-bond donors (Lipinski definition) is 2. The number of carbonyl (C=O) groups is 1. The molecule has 2 N–H and O–H groups in total. The first-order valence-corrected chi connectivity index (χ1v) is 12.4. The fourth-order valence-electron chi connectivity index (χ4n) is 5.95. The van der Waals surface area contributed by atoms with Crippen LogP contribution >= 0.6 is 0 Å². The molecule has 0 saturated heterocycles. The zero-order chi connectivity index (χ0) is 21.6. The van der Waals surface area contributed by atoms with Crippen LogP contribution in [0.4, 0.5) is 0 Å². The Bertz CT molecular complexity index is 865. The van der Waals surface area contributed by atoms with Crippen LogP contribution in [0.3, 0.4) is 0 Å². The van der Waals surface area contributed by atoms with Gasteiger partial charge in [-0.05, 0) is 50.0 Å². The van der Waals surface area contributed by atoms with Crippen LogP contribution in [0.5, 0.6) is 0 Å². The average molecular weight is 428 g/mol. The third-order valence-electron chi connectivity index (χ3n) is 7.66. The van der Waals surface area contributed by atoms with Crippen LogP contribution in [0.2, 0.25) is 0 Å². The van der Waals surface area contributed by atoms with Crippen molar-refractivity contribution in [3.63, 3.8) is 0 Å². The van der Waals surface area contributed by atoms with E-state index in [1.807, 2.05) is 6.20 Å². The van der Waals surface area contributed by atoms with Crippen LogP contribution in [0.1, 0.15) is 112 Å². The molecule has 31 heavy (non-hydrogen) atoms. The highest BCUT2D eigenvalue weighted by molar-refractivity contribution is 5.94. The SMILES string of the molecule is O=C(O)c1cnn2ccc(C3CCCCCC3C3CCCCCCCC(O)CC3)nc12. The number of aliphatic hydroxyl groups is 1. The van der Waals surface area contributed by atoms with Crippen LogP contribution in [-0.2, 0) is 0 Å². The maximum absolute atomic E-state index is 11.6. The largest absolute Gasteiger partial charge is 0.477 e. The molecule has 4 atom stereocenters.